The second-order valence-electron chi connectivity index (χ2n) is 3.90. The summed E-state index contributed by atoms with van der Waals surface area (Å²) >= 11 is 0. The summed E-state index contributed by atoms with van der Waals surface area (Å²) in [5.74, 6) is -0.181. The maximum absolute atomic E-state index is 10.7. The van der Waals surface area contributed by atoms with Crippen molar-refractivity contribution in [1.29, 1.82) is 0 Å². The van der Waals surface area contributed by atoms with E-state index in [4.69, 9.17) is 9.84 Å². The lowest BCUT2D eigenvalue weighted by Crippen LogP contribution is -2.00. The standard InChI is InChI=1S/C13H14N2O3/c1-18-11-4-2-3-10(7-11)5-6-15-8-12(13(16)17)14-9-15/h2-4,7-9H,5-6H2,1H3,(H,16,17). The zero-order valence-electron chi connectivity index (χ0n) is 10.0. The van der Waals surface area contributed by atoms with Crippen molar-refractivity contribution >= 4 is 5.97 Å². The van der Waals surface area contributed by atoms with E-state index in [0.29, 0.717) is 6.54 Å². The highest BCUT2D eigenvalue weighted by atomic mass is 16.5. The molecule has 1 N–H and O–H groups in total. The van der Waals surface area contributed by atoms with E-state index < -0.39 is 5.97 Å². The molecule has 0 spiro atoms. The van der Waals surface area contributed by atoms with Gasteiger partial charge in [0.2, 0.25) is 0 Å². The van der Waals surface area contributed by atoms with Crippen LogP contribution in [0, 0.1) is 0 Å². The Labute approximate surface area is 105 Å². The van der Waals surface area contributed by atoms with Gasteiger partial charge in [0, 0.05) is 12.7 Å². The molecule has 1 aromatic carbocycles. The third-order valence-electron chi connectivity index (χ3n) is 2.65. The van der Waals surface area contributed by atoms with Crippen LogP contribution in [0.15, 0.2) is 36.8 Å². The Kier molecular flexibility index (Phi) is 3.62. The topological polar surface area (TPSA) is 64.4 Å². The molecule has 0 aliphatic carbocycles. The van der Waals surface area contributed by atoms with Gasteiger partial charge in [-0.05, 0) is 24.1 Å². The number of aromatic carboxylic acids is 1. The van der Waals surface area contributed by atoms with E-state index in [0.717, 1.165) is 17.7 Å². The van der Waals surface area contributed by atoms with Crippen molar-refractivity contribution in [3.63, 3.8) is 0 Å². The van der Waals surface area contributed by atoms with Crippen molar-refractivity contribution in [2.45, 2.75) is 13.0 Å². The molecule has 1 heterocycles. The second kappa shape index (κ2) is 5.35. The summed E-state index contributed by atoms with van der Waals surface area (Å²) in [5.41, 5.74) is 1.21. The number of hydrogen-bond donors (Lipinski definition) is 1. The van der Waals surface area contributed by atoms with Gasteiger partial charge in [-0.15, -0.1) is 0 Å². The van der Waals surface area contributed by atoms with Gasteiger partial charge in [0.25, 0.3) is 0 Å². The highest BCUT2D eigenvalue weighted by Gasteiger charge is 2.06. The van der Waals surface area contributed by atoms with E-state index in [1.807, 2.05) is 24.3 Å². The van der Waals surface area contributed by atoms with Gasteiger partial charge >= 0.3 is 5.97 Å². The fourth-order valence-corrected chi connectivity index (χ4v) is 1.68. The summed E-state index contributed by atoms with van der Waals surface area (Å²) in [6.07, 6.45) is 3.86. The minimum atomic E-state index is -1.00. The number of rotatable bonds is 5. The van der Waals surface area contributed by atoms with Crippen LogP contribution in [0.5, 0.6) is 5.75 Å². The van der Waals surface area contributed by atoms with Crippen LogP contribution in [-0.2, 0) is 13.0 Å². The van der Waals surface area contributed by atoms with E-state index in [2.05, 4.69) is 4.98 Å². The molecule has 0 amide bonds. The van der Waals surface area contributed by atoms with Crippen molar-refractivity contribution in [1.82, 2.24) is 9.55 Å². The lowest BCUT2D eigenvalue weighted by atomic mass is 10.1. The first-order valence-corrected chi connectivity index (χ1v) is 5.57. The number of aryl methyl sites for hydroxylation is 2. The van der Waals surface area contributed by atoms with Crippen LogP contribution in [0.4, 0.5) is 0 Å². The van der Waals surface area contributed by atoms with Gasteiger partial charge < -0.3 is 14.4 Å². The molecule has 0 saturated heterocycles. The Hall–Kier alpha value is -2.30. The summed E-state index contributed by atoms with van der Waals surface area (Å²) in [7, 11) is 1.63. The Morgan fingerprint density at radius 3 is 3.00 bits per heavy atom. The molecule has 1 aromatic heterocycles. The van der Waals surface area contributed by atoms with Crippen molar-refractivity contribution in [3.05, 3.63) is 48.0 Å². The molecule has 0 radical (unpaired) electrons. The van der Waals surface area contributed by atoms with Crippen LogP contribution < -0.4 is 4.74 Å². The lowest BCUT2D eigenvalue weighted by Gasteiger charge is -2.05. The van der Waals surface area contributed by atoms with E-state index in [9.17, 15) is 4.79 Å². The summed E-state index contributed by atoms with van der Waals surface area (Å²) in [4.78, 5) is 14.5. The molecule has 0 aliphatic rings. The summed E-state index contributed by atoms with van der Waals surface area (Å²) in [6.45, 7) is 0.688. The molecular formula is C13H14N2O3. The number of aromatic nitrogens is 2. The smallest absolute Gasteiger partial charge is 0.356 e. The first-order chi connectivity index (χ1) is 8.69. The number of ether oxygens (including phenoxy) is 1. The average molecular weight is 246 g/mol. The molecule has 0 aliphatic heterocycles. The largest absolute Gasteiger partial charge is 0.497 e. The van der Waals surface area contributed by atoms with Gasteiger partial charge in [-0.1, -0.05) is 12.1 Å². The highest BCUT2D eigenvalue weighted by molar-refractivity contribution is 5.84. The third kappa shape index (κ3) is 2.88. The third-order valence-corrected chi connectivity index (χ3v) is 2.65. The predicted molar refractivity (Wildman–Crippen MR) is 65.9 cm³/mol. The number of nitrogens with zero attached hydrogens (tertiary/aromatic N) is 2. The minimum absolute atomic E-state index is 0.0700. The van der Waals surface area contributed by atoms with Crippen molar-refractivity contribution in [2.24, 2.45) is 0 Å². The maximum Gasteiger partial charge on any atom is 0.356 e. The molecule has 0 fully saturated rings. The van der Waals surface area contributed by atoms with Gasteiger partial charge in [0.05, 0.1) is 13.4 Å². The molecule has 0 saturated carbocycles. The molecule has 0 bridgehead atoms. The first-order valence-electron chi connectivity index (χ1n) is 5.57. The molecule has 5 nitrogen and oxygen atoms in total. The molecule has 94 valence electrons. The Morgan fingerprint density at radius 1 is 1.50 bits per heavy atom. The van der Waals surface area contributed by atoms with Gasteiger partial charge in [-0.25, -0.2) is 9.78 Å². The number of carbonyl (C=O) groups is 1. The molecule has 2 rings (SSSR count). The molecule has 5 heteroatoms. The van der Waals surface area contributed by atoms with E-state index >= 15 is 0 Å². The summed E-state index contributed by atoms with van der Waals surface area (Å²) in [6, 6.07) is 7.81. The van der Waals surface area contributed by atoms with Crippen LogP contribution in [0.1, 0.15) is 16.1 Å². The molecule has 0 unspecified atom stereocenters. The summed E-state index contributed by atoms with van der Waals surface area (Å²) in [5, 5.41) is 8.76. The average Bonchev–Trinajstić information content (AvgIpc) is 2.85. The van der Waals surface area contributed by atoms with Gasteiger partial charge in [-0.3, -0.25) is 0 Å². The lowest BCUT2D eigenvalue weighted by molar-refractivity contribution is 0.0691. The highest BCUT2D eigenvalue weighted by Crippen LogP contribution is 2.13. The van der Waals surface area contributed by atoms with Crippen molar-refractivity contribution in [3.8, 4) is 5.75 Å². The maximum atomic E-state index is 10.7. The number of carboxylic acid groups (broad SMARTS) is 1. The Morgan fingerprint density at radius 2 is 2.33 bits per heavy atom. The SMILES string of the molecule is COc1cccc(CCn2cnc(C(=O)O)c2)c1. The number of methoxy groups -OCH3 is 1. The number of carboxylic acids is 1. The van der Waals surface area contributed by atoms with Crippen molar-refractivity contribution in [2.75, 3.05) is 7.11 Å². The second-order valence-corrected chi connectivity index (χ2v) is 3.90. The number of imidazole rings is 1. The number of hydrogen-bond acceptors (Lipinski definition) is 3. The summed E-state index contributed by atoms with van der Waals surface area (Å²) < 4.78 is 6.91. The molecule has 2 aromatic rings. The quantitative estimate of drug-likeness (QED) is 0.874. The number of benzene rings is 1. The fourth-order valence-electron chi connectivity index (χ4n) is 1.68. The van der Waals surface area contributed by atoms with E-state index in [-0.39, 0.29) is 5.69 Å². The molecule has 0 atom stereocenters. The first kappa shape index (κ1) is 12.2. The Balaban J connectivity index is 1.99. The van der Waals surface area contributed by atoms with Crippen LogP contribution in [-0.4, -0.2) is 27.7 Å². The van der Waals surface area contributed by atoms with Crippen LogP contribution in [0.25, 0.3) is 0 Å². The van der Waals surface area contributed by atoms with Gasteiger partial charge in [0.1, 0.15) is 5.75 Å². The van der Waals surface area contributed by atoms with E-state index in [1.165, 1.54) is 12.5 Å². The zero-order valence-corrected chi connectivity index (χ0v) is 10.0. The van der Waals surface area contributed by atoms with Gasteiger partial charge in [0.15, 0.2) is 5.69 Å². The van der Waals surface area contributed by atoms with Crippen LogP contribution >= 0.6 is 0 Å². The fraction of sp³-hybridized carbons (Fsp3) is 0.231. The zero-order chi connectivity index (χ0) is 13.0. The predicted octanol–water partition coefficient (Wildman–Crippen LogP) is 1.83. The molecular weight excluding hydrogens is 232 g/mol. The molecule has 18 heavy (non-hydrogen) atoms. The van der Waals surface area contributed by atoms with Gasteiger partial charge in [-0.2, -0.15) is 0 Å². The monoisotopic (exact) mass is 246 g/mol. The van der Waals surface area contributed by atoms with Crippen molar-refractivity contribution < 1.29 is 14.6 Å². The van der Waals surface area contributed by atoms with Crippen LogP contribution in [0.2, 0.25) is 0 Å². The normalized spacial score (nSPS) is 10.3. The van der Waals surface area contributed by atoms with E-state index in [1.54, 1.807) is 11.7 Å². The van der Waals surface area contributed by atoms with Crippen LogP contribution in [0.3, 0.4) is 0 Å². The Bertz CT molecular complexity index is 549. The minimum Gasteiger partial charge on any atom is -0.497 e.